The van der Waals surface area contributed by atoms with Gasteiger partial charge in [0.05, 0.1) is 24.5 Å². The van der Waals surface area contributed by atoms with Gasteiger partial charge in [0.1, 0.15) is 0 Å². The number of ether oxygens (including phenoxy) is 2. The summed E-state index contributed by atoms with van der Waals surface area (Å²) in [6.07, 6.45) is 7.28. The fourth-order valence-electron chi connectivity index (χ4n) is 4.13. The number of nitrogens with one attached hydrogen (secondary N) is 1. The van der Waals surface area contributed by atoms with Gasteiger partial charge >= 0.3 is 0 Å². The number of amides is 1. The monoisotopic (exact) mass is 420 g/mol. The van der Waals surface area contributed by atoms with Gasteiger partial charge in [0.2, 0.25) is 0 Å². The van der Waals surface area contributed by atoms with Crippen LogP contribution in [-0.4, -0.2) is 45.7 Å². The van der Waals surface area contributed by atoms with Crippen molar-refractivity contribution in [1.29, 1.82) is 0 Å². The van der Waals surface area contributed by atoms with Crippen molar-refractivity contribution in [2.45, 2.75) is 39.7 Å². The summed E-state index contributed by atoms with van der Waals surface area (Å²) in [6, 6.07) is 7.67. The third-order valence-electron chi connectivity index (χ3n) is 5.64. The lowest BCUT2D eigenvalue weighted by Crippen LogP contribution is -2.34. The van der Waals surface area contributed by atoms with E-state index in [0.29, 0.717) is 24.7 Å². The molecule has 1 N–H and O–H groups in total. The molecule has 0 bridgehead atoms. The molecule has 0 spiro atoms. The second-order valence-corrected chi connectivity index (χ2v) is 7.80. The first-order chi connectivity index (χ1) is 15.1. The van der Waals surface area contributed by atoms with Crippen molar-refractivity contribution in [1.82, 2.24) is 20.1 Å². The maximum Gasteiger partial charge on any atom is 0.261 e. The van der Waals surface area contributed by atoms with Crippen LogP contribution in [0.25, 0.3) is 11.1 Å². The molecule has 4 rings (SSSR count). The average Bonchev–Trinajstić information content (AvgIpc) is 3.43. The predicted molar refractivity (Wildman–Crippen MR) is 118 cm³/mol. The van der Waals surface area contributed by atoms with Gasteiger partial charge in [-0.2, -0.15) is 5.10 Å². The van der Waals surface area contributed by atoms with E-state index in [0.717, 1.165) is 40.8 Å². The van der Waals surface area contributed by atoms with Crippen molar-refractivity contribution < 1.29 is 14.3 Å². The van der Waals surface area contributed by atoms with Crippen LogP contribution in [0.3, 0.4) is 0 Å². The zero-order valence-corrected chi connectivity index (χ0v) is 18.2. The first-order valence-corrected chi connectivity index (χ1v) is 10.7. The number of carbonyl (C=O) groups is 1. The van der Waals surface area contributed by atoms with Crippen molar-refractivity contribution in [3.8, 4) is 22.6 Å². The van der Waals surface area contributed by atoms with Crippen molar-refractivity contribution in [2.24, 2.45) is 0 Å². The number of aromatic nitrogens is 3. The van der Waals surface area contributed by atoms with E-state index in [4.69, 9.17) is 9.47 Å². The lowest BCUT2D eigenvalue weighted by Gasteiger charge is -2.25. The Kier molecular flexibility index (Phi) is 6.21. The van der Waals surface area contributed by atoms with E-state index in [2.05, 4.69) is 15.2 Å². The summed E-state index contributed by atoms with van der Waals surface area (Å²) in [7, 11) is 0. The summed E-state index contributed by atoms with van der Waals surface area (Å²) in [5, 5.41) is 7.42. The van der Waals surface area contributed by atoms with Gasteiger partial charge in [0, 0.05) is 24.5 Å². The molecule has 1 aliphatic heterocycles. The summed E-state index contributed by atoms with van der Waals surface area (Å²) >= 11 is 0. The van der Waals surface area contributed by atoms with Crippen LogP contribution in [0.5, 0.6) is 11.5 Å². The van der Waals surface area contributed by atoms with Gasteiger partial charge in [-0.3, -0.25) is 14.9 Å². The quantitative estimate of drug-likeness (QED) is 0.619. The molecule has 162 valence electrons. The maximum atomic E-state index is 13.1. The lowest BCUT2D eigenvalue weighted by atomic mass is 9.99. The zero-order chi connectivity index (χ0) is 21.8. The summed E-state index contributed by atoms with van der Waals surface area (Å²) in [5.74, 6) is 1.21. The number of pyridine rings is 1. The summed E-state index contributed by atoms with van der Waals surface area (Å²) < 4.78 is 11.5. The van der Waals surface area contributed by atoms with Gasteiger partial charge in [-0.1, -0.05) is 6.07 Å². The van der Waals surface area contributed by atoms with E-state index >= 15 is 0 Å². The molecule has 7 nitrogen and oxygen atoms in total. The van der Waals surface area contributed by atoms with E-state index in [9.17, 15) is 4.79 Å². The molecule has 0 radical (unpaired) electrons. The molecule has 1 amide bonds. The minimum atomic E-state index is -0.0504. The fourth-order valence-corrected chi connectivity index (χ4v) is 4.13. The highest BCUT2D eigenvalue weighted by molar-refractivity contribution is 5.79. The number of aryl methyl sites for hydroxylation is 2. The highest BCUT2D eigenvalue weighted by Crippen LogP contribution is 2.37. The second kappa shape index (κ2) is 9.20. The van der Waals surface area contributed by atoms with Crippen molar-refractivity contribution in [3.63, 3.8) is 0 Å². The number of carbonyl (C=O) groups excluding carboxylic acids is 1. The van der Waals surface area contributed by atoms with Crippen LogP contribution in [0, 0.1) is 13.8 Å². The number of hydrogen-bond acceptors (Lipinski definition) is 5. The van der Waals surface area contributed by atoms with Crippen molar-refractivity contribution in [3.05, 3.63) is 59.7 Å². The van der Waals surface area contributed by atoms with E-state index in [1.165, 1.54) is 0 Å². The van der Waals surface area contributed by atoms with Gasteiger partial charge in [0.25, 0.3) is 5.91 Å². The molecule has 1 aliphatic rings. The Labute approximate surface area is 182 Å². The Balaban J connectivity index is 1.51. The third kappa shape index (κ3) is 4.40. The minimum Gasteiger partial charge on any atom is -0.490 e. The van der Waals surface area contributed by atoms with Crippen LogP contribution in [0.4, 0.5) is 0 Å². The second-order valence-electron chi connectivity index (χ2n) is 7.80. The van der Waals surface area contributed by atoms with Crippen LogP contribution in [0.15, 0.2) is 42.9 Å². The Morgan fingerprint density at radius 3 is 2.84 bits per heavy atom. The van der Waals surface area contributed by atoms with E-state index in [1.54, 1.807) is 6.20 Å². The van der Waals surface area contributed by atoms with Crippen LogP contribution in [0.1, 0.15) is 42.6 Å². The molecule has 1 saturated heterocycles. The highest BCUT2D eigenvalue weighted by Gasteiger charge is 2.33. The van der Waals surface area contributed by atoms with E-state index in [1.807, 2.05) is 62.3 Å². The molecule has 0 unspecified atom stereocenters. The van der Waals surface area contributed by atoms with Crippen molar-refractivity contribution in [2.75, 3.05) is 19.8 Å². The number of rotatable bonds is 7. The highest BCUT2D eigenvalue weighted by atomic mass is 16.5. The smallest absolute Gasteiger partial charge is 0.261 e. The maximum absolute atomic E-state index is 13.1. The molecule has 1 fully saturated rings. The molecular weight excluding hydrogens is 392 g/mol. The fraction of sp³-hybridized carbons (Fsp3) is 0.375. The summed E-state index contributed by atoms with van der Waals surface area (Å²) in [6.45, 7) is 7.17. The average molecular weight is 421 g/mol. The number of benzene rings is 1. The van der Waals surface area contributed by atoms with Crippen LogP contribution in [-0.2, 0) is 4.79 Å². The predicted octanol–water partition coefficient (Wildman–Crippen LogP) is 4.23. The largest absolute Gasteiger partial charge is 0.490 e. The Morgan fingerprint density at radius 1 is 1.16 bits per heavy atom. The zero-order valence-electron chi connectivity index (χ0n) is 18.2. The Hall–Kier alpha value is -3.35. The first kappa shape index (κ1) is 20.9. The third-order valence-corrected chi connectivity index (χ3v) is 5.64. The number of aromatic amines is 1. The molecular formula is C24H28N4O3. The molecule has 0 saturated carbocycles. The van der Waals surface area contributed by atoms with Crippen molar-refractivity contribution >= 4 is 5.91 Å². The number of nitrogens with zero attached hydrogens (tertiary/aromatic N) is 3. The van der Waals surface area contributed by atoms with E-state index < -0.39 is 0 Å². The van der Waals surface area contributed by atoms with Crippen LogP contribution < -0.4 is 9.47 Å². The molecule has 3 heterocycles. The van der Waals surface area contributed by atoms with Crippen LogP contribution >= 0.6 is 0 Å². The Morgan fingerprint density at radius 2 is 2.03 bits per heavy atom. The molecule has 7 heteroatoms. The number of H-pyrrole nitrogens is 1. The van der Waals surface area contributed by atoms with Gasteiger partial charge in [-0.15, -0.1) is 0 Å². The molecule has 0 aliphatic carbocycles. The topological polar surface area (TPSA) is 80.3 Å². The number of hydrogen-bond donors (Lipinski definition) is 1. The lowest BCUT2D eigenvalue weighted by molar-refractivity contribution is -0.134. The van der Waals surface area contributed by atoms with Gasteiger partial charge in [0.15, 0.2) is 18.1 Å². The normalized spacial score (nSPS) is 15.8. The number of likely N-dealkylation sites (tertiary alicyclic amines) is 1. The first-order valence-electron chi connectivity index (χ1n) is 10.7. The standard InChI is InChI=1S/C24H28N4O3/c1-4-30-22-12-16(2)7-8-21(22)31-15-23(29)28-11-5-6-20(28)24-19(14-26-27-24)18-9-10-25-13-17(18)3/h7-10,12-14,20H,4-6,11,15H2,1-3H3,(H,26,27)/t20-/m0/s1. The molecule has 1 aromatic carbocycles. The summed E-state index contributed by atoms with van der Waals surface area (Å²) in [4.78, 5) is 19.2. The van der Waals surface area contributed by atoms with Gasteiger partial charge in [-0.25, -0.2) is 0 Å². The van der Waals surface area contributed by atoms with Gasteiger partial charge in [-0.05, 0) is 68.5 Å². The van der Waals surface area contributed by atoms with Crippen LogP contribution in [0.2, 0.25) is 0 Å². The molecule has 31 heavy (non-hydrogen) atoms. The SMILES string of the molecule is CCOc1cc(C)ccc1OCC(=O)N1CCC[C@H]1c1[nH]ncc1-c1ccncc1C. The Bertz CT molecular complexity index is 1060. The molecule has 3 aromatic rings. The molecule has 2 aromatic heterocycles. The van der Waals surface area contributed by atoms with Gasteiger partial charge < -0.3 is 14.4 Å². The summed E-state index contributed by atoms with van der Waals surface area (Å²) in [5.41, 5.74) is 5.22. The molecule has 1 atom stereocenters. The van der Waals surface area contributed by atoms with E-state index in [-0.39, 0.29) is 18.6 Å². The minimum absolute atomic E-state index is 0.0304.